The number of hydrogen-bond acceptors (Lipinski definition) is 3. The number of carbonyl (C=O) groups is 1. The first-order chi connectivity index (χ1) is 8.21. The molecule has 0 bridgehead atoms. The Morgan fingerprint density at radius 2 is 2.24 bits per heavy atom. The minimum atomic E-state index is -0.0379. The van der Waals surface area contributed by atoms with Gasteiger partial charge in [0.05, 0.1) is 11.6 Å². The smallest absolute Gasteiger partial charge is 0.239 e. The summed E-state index contributed by atoms with van der Waals surface area (Å²) < 4.78 is 5.61. The van der Waals surface area contributed by atoms with Crippen LogP contribution in [-0.2, 0) is 9.53 Å². The minimum absolute atomic E-state index is 0.0303. The zero-order valence-electron chi connectivity index (χ0n) is 11.0. The molecule has 4 heteroatoms. The molecule has 1 N–H and O–H groups in total. The van der Waals surface area contributed by atoms with Crippen molar-refractivity contribution in [1.82, 2.24) is 10.2 Å². The van der Waals surface area contributed by atoms with Crippen molar-refractivity contribution in [3.05, 3.63) is 0 Å². The van der Waals surface area contributed by atoms with Gasteiger partial charge in [0.2, 0.25) is 5.91 Å². The molecule has 2 rings (SSSR count). The summed E-state index contributed by atoms with van der Waals surface area (Å²) in [6, 6.07) is 0.0303. The van der Waals surface area contributed by atoms with Crippen molar-refractivity contribution < 1.29 is 9.53 Å². The number of methoxy groups -OCH3 is 1. The highest BCUT2D eigenvalue weighted by molar-refractivity contribution is 5.82. The van der Waals surface area contributed by atoms with Gasteiger partial charge in [0.1, 0.15) is 0 Å². The lowest BCUT2D eigenvalue weighted by molar-refractivity contribution is -0.146. The van der Waals surface area contributed by atoms with Crippen LogP contribution in [0.4, 0.5) is 0 Å². The van der Waals surface area contributed by atoms with Gasteiger partial charge < -0.3 is 15.0 Å². The van der Waals surface area contributed by atoms with Gasteiger partial charge in [0.25, 0.3) is 0 Å². The highest BCUT2D eigenvalue weighted by atomic mass is 16.5. The molecule has 1 amide bonds. The quantitative estimate of drug-likeness (QED) is 0.784. The highest BCUT2D eigenvalue weighted by Crippen LogP contribution is 2.36. The van der Waals surface area contributed by atoms with Crippen LogP contribution >= 0.6 is 0 Å². The first-order valence-corrected chi connectivity index (χ1v) is 6.78. The maximum atomic E-state index is 12.3. The fourth-order valence-corrected chi connectivity index (χ4v) is 2.88. The highest BCUT2D eigenvalue weighted by Gasteiger charge is 2.41. The SMILES string of the molecule is CCNC1CCCN(CC2(OC)CCC2)C1=O. The van der Waals surface area contributed by atoms with E-state index in [0.717, 1.165) is 45.3 Å². The predicted molar refractivity (Wildman–Crippen MR) is 66.9 cm³/mol. The summed E-state index contributed by atoms with van der Waals surface area (Å²) in [6.45, 7) is 4.59. The minimum Gasteiger partial charge on any atom is -0.376 e. The Balaban J connectivity index is 1.93. The molecule has 0 aromatic heterocycles. The fourth-order valence-electron chi connectivity index (χ4n) is 2.88. The van der Waals surface area contributed by atoms with Gasteiger partial charge in [-0.3, -0.25) is 4.79 Å². The Bertz CT molecular complexity index is 269. The molecule has 1 aliphatic heterocycles. The van der Waals surface area contributed by atoms with E-state index in [1.807, 2.05) is 4.90 Å². The number of likely N-dealkylation sites (tertiary alicyclic amines) is 1. The maximum Gasteiger partial charge on any atom is 0.239 e. The van der Waals surface area contributed by atoms with Gasteiger partial charge in [-0.05, 0) is 38.6 Å². The first-order valence-electron chi connectivity index (χ1n) is 6.78. The molecule has 1 heterocycles. The third-order valence-corrected chi connectivity index (χ3v) is 4.16. The number of nitrogens with one attached hydrogen (secondary N) is 1. The average Bonchev–Trinajstić information content (AvgIpc) is 2.28. The van der Waals surface area contributed by atoms with Crippen LogP contribution in [0.2, 0.25) is 0 Å². The monoisotopic (exact) mass is 240 g/mol. The van der Waals surface area contributed by atoms with Gasteiger partial charge in [-0.2, -0.15) is 0 Å². The van der Waals surface area contributed by atoms with Gasteiger partial charge in [-0.15, -0.1) is 0 Å². The van der Waals surface area contributed by atoms with Crippen molar-refractivity contribution in [1.29, 1.82) is 0 Å². The number of carbonyl (C=O) groups excluding carboxylic acids is 1. The molecular weight excluding hydrogens is 216 g/mol. The molecule has 0 aromatic rings. The molecule has 98 valence electrons. The molecule has 17 heavy (non-hydrogen) atoms. The van der Waals surface area contributed by atoms with E-state index in [1.54, 1.807) is 7.11 Å². The predicted octanol–water partition coefficient (Wildman–Crippen LogP) is 1.16. The number of piperidine rings is 1. The van der Waals surface area contributed by atoms with E-state index in [9.17, 15) is 4.79 Å². The molecule has 0 radical (unpaired) electrons. The summed E-state index contributed by atoms with van der Waals surface area (Å²) >= 11 is 0. The van der Waals surface area contributed by atoms with Crippen LogP contribution in [0.1, 0.15) is 39.0 Å². The molecule has 1 saturated heterocycles. The van der Waals surface area contributed by atoms with Gasteiger partial charge in [0, 0.05) is 20.2 Å². The molecule has 4 nitrogen and oxygen atoms in total. The van der Waals surface area contributed by atoms with Crippen molar-refractivity contribution in [3.63, 3.8) is 0 Å². The number of hydrogen-bond donors (Lipinski definition) is 1. The molecule has 1 aliphatic carbocycles. The van der Waals surface area contributed by atoms with Crippen LogP contribution in [0.15, 0.2) is 0 Å². The molecule has 1 saturated carbocycles. The number of rotatable bonds is 5. The summed E-state index contributed by atoms with van der Waals surface area (Å²) in [5.74, 6) is 0.265. The van der Waals surface area contributed by atoms with Crippen LogP contribution in [-0.4, -0.2) is 49.2 Å². The van der Waals surface area contributed by atoms with E-state index in [2.05, 4.69) is 12.2 Å². The second-order valence-corrected chi connectivity index (χ2v) is 5.25. The lowest BCUT2D eigenvalue weighted by Gasteiger charge is -2.45. The van der Waals surface area contributed by atoms with E-state index in [4.69, 9.17) is 4.74 Å². The largest absolute Gasteiger partial charge is 0.376 e. The van der Waals surface area contributed by atoms with Gasteiger partial charge in [-0.25, -0.2) is 0 Å². The number of nitrogens with zero attached hydrogens (tertiary/aromatic N) is 1. The molecule has 0 aromatic carbocycles. The van der Waals surface area contributed by atoms with Crippen molar-refractivity contribution in [2.45, 2.75) is 50.7 Å². The van der Waals surface area contributed by atoms with Crippen molar-refractivity contribution >= 4 is 5.91 Å². The summed E-state index contributed by atoms with van der Waals surface area (Å²) in [5.41, 5.74) is -0.0379. The van der Waals surface area contributed by atoms with E-state index < -0.39 is 0 Å². The number of ether oxygens (including phenoxy) is 1. The van der Waals surface area contributed by atoms with E-state index in [1.165, 1.54) is 6.42 Å². The fraction of sp³-hybridized carbons (Fsp3) is 0.923. The summed E-state index contributed by atoms with van der Waals surface area (Å²) in [7, 11) is 1.77. The van der Waals surface area contributed by atoms with Gasteiger partial charge in [0.15, 0.2) is 0 Å². The van der Waals surface area contributed by atoms with E-state index in [-0.39, 0.29) is 17.6 Å². The molecule has 1 unspecified atom stereocenters. The third kappa shape index (κ3) is 2.63. The lowest BCUT2D eigenvalue weighted by Crippen LogP contribution is -2.57. The molecule has 2 aliphatic rings. The molecule has 1 atom stereocenters. The van der Waals surface area contributed by atoms with Crippen molar-refractivity contribution in [3.8, 4) is 0 Å². The van der Waals surface area contributed by atoms with Gasteiger partial charge in [-0.1, -0.05) is 6.92 Å². The second-order valence-electron chi connectivity index (χ2n) is 5.25. The van der Waals surface area contributed by atoms with E-state index >= 15 is 0 Å². The number of amides is 1. The van der Waals surface area contributed by atoms with Gasteiger partial charge >= 0.3 is 0 Å². The standard InChI is InChI=1S/C13H24N2O2/c1-3-14-11-6-4-9-15(12(11)16)10-13(17-2)7-5-8-13/h11,14H,3-10H2,1-2H3. The average molecular weight is 240 g/mol. The van der Waals surface area contributed by atoms with Crippen LogP contribution in [0.3, 0.4) is 0 Å². The normalized spacial score (nSPS) is 28.0. The van der Waals surface area contributed by atoms with Crippen LogP contribution in [0.25, 0.3) is 0 Å². The molecular formula is C13H24N2O2. The first kappa shape index (κ1) is 12.8. The van der Waals surface area contributed by atoms with Crippen molar-refractivity contribution in [2.75, 3.05) is 26.7 Å². The summed E-state index contributed by atoms with van der Waals surface area (Å²) in [5, 5.41) is 3.27. The summed E-state index contributed by atoms with van der Waals surface area (Å²) in [6.07, 6.45) is 5.50. The maximum absolute atomic E-state index is 12.3. The zero-order valence-corrected chi connectivity index (χ0v) is 11.0. The van der Waals surface area contributed by atoms with Crippen molar-refractivity contribution in [2.24, 2.45) is 0 Å². The zero-order chi connectivity index (χ0) is 12.3. The van der Waals surface area contributed by atoms with Crippen LogP contribution < -0.4 is 5.32 Å². The Morgan fingerprint density at radius 3 is 2.76 bits per heavy atom. The second kappa shape index (κ2) is 5.36. The molecule has 0 spiro atoms. The lowest BCUT2D eigenvalue weighted by atomic mass is 9.79. The Kier molecular flexibility index (Phi) is 4.05. The Morgan fingerprint density at radius 1 is 1.47 bits per heavy atom. The number of likely N-dealkylation sites (N-methyl/N-ethyl adjacent to an activating group) is 1. The van der Waals surface area contributed by atoms with Crippen LogP contribution in [0.5, 0.6) is 0 Å². The molecule has 2 fully saturated rings. The Labute approximate surface area is 104 Å². The summed E-state index contributed by atoms with van der Waals surface area (Å²) in [4.78, 5) is 14.3. The third-order valence-electron chi connectivity index (χ3n) is 4.16. The van der Waals surface area contributed by atoms with Crippen LogP contribution in [0, 0.1) is 0 Å². The topological polar surface area (TPSA) is 41.6 Å². The Hall–Kier alpha value is -0.610. The van der Waals surface area contributed by atoms with E-state index in [0.29, 0.717) is 0 Å².